The van der Waals surface area contributed by atoms with Gasteiger partial charge in [0.25, 0.3) is 5.56 Å². The summed E-state index contributed by atoms with van der Waals surface area (Å²) in [6.45, 7) is 3.94. The predicted molar refractivity (Wildman–Crippen MR) is 130 cm³/mol. The zero-order valence-corrected chi connectivity index (χ0v) is 19.5. The molecule has 0 unspecified atom stereocenters. The van der Waals surface area contributed by atoms with Gasteiger partial charge in [-0.2, -0.15) is 0 Å². The second-order valence-corrected chi connectivity index (χ2v) is 8.74. The number of para-hydroxylation sites is 1. The van der Waals surface area contributed by atoms with Crippen LogP contribution in [0.15, 0.2) is 65.1 Å². The number of nitrogens with zero attached hydrogens (tertiary/aromatic N) is 1. The summed E-state index contributed by atoms with van der Waals surface area (Å²) >= 11 is 7.40. The lowest BCUT2D eigenvalue weighted by molar-refractivity contribution is -0.116. The Kier molecular flexibility index (Phi) is 7.05. The number of carbonyl (C=O) groups is 1. The predicted octanol–water partition coefficient (Wildman–Crippen LogP) is 4.76. The quantitative estimate of drug-likeness (QED) is 0.272. The van der Waals surface area contributed by atoms with Crippen LogP contribution in [0.1, 0.15) is 29.0 Å². The lowest BCUT2D eigenvalue weighted by atomic mass is 9.86. The molecule has 170 valence electrons. The van der Waals surface area contributed by atoms with E-state index in [0.29, 0.717) is 38.6 Å². The third-order valence-electron chi connectivity index (χ3n) is 5.14. The number of ether oxygens (including phenoxy) is 2. The molecule has 0 spiro atoms. The Labute approximate surface area is 200 Å². The van der Waals surface area contributed by atoms with Gasteiger partial charge in [0.1, 0.15) is 12.4 Å². The second-order valence-electron chi connectivity index (χ2n) is 7.34. The molecule has 3 aromatic rings. The molecule has 33 heavy (non-hydrogen) atoms. The highest BCUT2D eigenvalue weighted by molar-refractivity contribution is 7.98. The Morgan fingerprint density at radius 1 is 1.27 bits per heavy atom. The van der Waals surface area contributed by atoms with E-state index in [9.17, 15) is 9.59 Å². The van der Waals surface area contributed by atoms with Crippen LogP contribution < -0.4 is 20.3 Å². The molecule has 9 heteroatoms. The Bertz CT molecular complexity index is 1260. The molecule has 1 atom stereocenters. The van der Waals surface area contributed by atoms with Crippen LogP contribution in [0.2, 0.25) is 5.02 Å². The van der Waals surface area contributed by atoms with Crippen molar-refractivity contribution in [3.8, 4) is 11.5 Å². The molecule has 2 aromatic carbocycles. The molecule has 1 amide bonds. The Morgan fingerprint density at radius 2 is 2.09 bits per heavy atom. The highest BCUT2D eigenvalue weighted by Gasteiger charge is 2.33. The summed E-state index contributed by atoms with van der Waals surface area (Å²) in [5.41, 5.74) is 1.75. The van der Waals surface area contributed by atoms with Crippen molar-refractivity contribution in [2.75, 3.05) is 19.0 Å². The zero-order chi connectivity index (χ0) is 23.4. The van der Waals surface area contributed by atoms with Gasteiger partial charge in [0.05, 0.1) is 12.7 Å². The molecule has 1 aliphatic heterocycles. The topological polar surface area (TPSA) is 93.3 Å². The van der Waals surface area contributed by atoms with Crippen LogP contribution >= 0.6 is 23.4 Å². The number of carbonyl (C=O) groups excluding carboxylic acids is 1. The summed E-state index contributed by atoms with van der Waals surface area (Å²) in [5, 5.41) is 3.80. The van der Waals surface area contributed by atoms with Gasteiger partial charge < -0.3 is 19.8 Å². The van der Waals surface area contributed by atoms with Gasteiger partial charge >= 0.3 is 0 Å². The van der Waals surface area contributed by atoms with Crippen LogP contribution in [-0.2, 0) is 10.5 Å². The molecule has 0 saturated heterocycles. The van der Waals surface area contributed by atoms with Gasteiger partial charge in [0, 0.05) is 28.7 Å². The van der Waals surface area contributed by atoms with Crippen molar-refractivity contribution >= 4 is 35.1 Å². The Balaban J connectivity index is 1.70. The van der Waals surface area contributed by atoms with Crippen molar-refractivity contribution in [2.24, 2.45) is 0 Å². The maximum atomic E-state index is 13.2. The molecule has 1 aliphatic rings. The number of amides is 1. The molecule has 2 heterocycles. The summed E-state index contributed by atoms with van der Waals surface area (Å²) in [5.74, 6) is 1.05. The molecule has 2 N–H and O–H groups in total. The Morgan fingerprint density at radius 3 is 2.85 bits per heavy atom. The third kappa shape index (κ3) is 5.07. The maximum Gasteiger partial charge on any atom is 0.257 e. The molecular weight excluding hydrogens is 462 g/mol. The third-order valence-corrected chi connectivity index (χ3v) is 6.32. The van der Waals surface area contributed by atoms with E-state index in [2.05, 4.69) is 21.9 Å². The summed E-state index contributed by atoms with van der Waals surface area (Å²) in [4.78, 5) is 33.1. The fourth-order valence-electron chi connectivity index (χ4n) is 3.73. The molecule has 0 radical (unpaired) electrons. The number of H-pyrrole nitrogens is 1. The van der Waals surface area contributed by atoms with Crippen LogP contribution in [0.25, 0.3) is 0 Å². The molecule has 0 fully saturated rings. The maximum absolute atomic E-state index is 13.2. The normalized spacial score (nSPS) is 14.8. The second kappa shape index (κ2) is 10.1. The first kappa shape index (κ1) is 22.9. The molecular formula is C24H22ClN3O4S. The van der Waals surface area contributed by atoms with Crippen LogP contribution in [0.3, 0.4) is 0 Å². The average Bonchev–Trinajstić information content (AvgIpc) is 2.80. The number of fused-ring (bicyclic) bond motifs is 1. The standard InChI is InChI=1S/C24H22ClN3O4S/c1-3-10-32-21-16(8-5-9-18(21)31-2)17-12-19(29)26-22-20(17)23(30)28-24(27-22)33-13-14-6-4-7-15(25)11-14/h3-9,11,17H,1,10,12-13H2,2H3,(H2,26,27,28,29,30)/t17-/m0/s1. The lowest BCUT2D eigenvalue weighted by Gasteiger charge is -2.26. The number of nitrogens with one attached hydrogen (secondary N) is 2. The van der Waals surface area contributed by atoms with Crippen molar-refractivity contribution in [1.29, 1.82) is 0 Å². The van der Waals surface area contributed by atoms with Crippen LogP contribution in [0.5, 0.6) is 11.5 Å². The molecule has 0 bridgehead atoms. The van der Waals surface area contributed by atoms with Gasteiger partial charge in [-0.1, -0.05) is 60.3 Å². The molecule has 0 saturated carbocycles. The minimum atomic E-state index is -0.535. The highest BCUT2D eigenvalue weighted by Crippen LogP contribution is 2.42. The minimum absolute atomic E-state index is 0.0877. The SMILES string of the molecule is C=CCOc1c(OC)cccc1[C@@H]1CC(=O)Nc2nc(SCc3cccc(Cl)c3)[nH]c(=O)c21. The molecule has 0 aliphatic carbocycles. The first-order chi connectivity index (χ1) is 16.0. The van der Waals surface area contributed by atoms with Gasteiger partial charge in [-0.25, -0.2) is 4.98 Å². The number of aromatic nitrogens is 2. The number of anilines is 1. The van der Waals surface area contributed by atoms with Crippen molar-refractivity contribution in [1.82, 2.24) is 9.97 Å². The smallest absolute Gasteiger partial charge is 0.257 e. The van der Waals surface area contributed by atoms with Gasteiger partial charge in [0.15, 0.2) is 16.7 Å². The summed E-state index contributed by atoms with van der Waals surface area (Å²) in [7, 11) is 1.54. The van der Waals surface area contributed by atoms with Crippen molar-refractivity contribution < 1.29 is 14.3 Å². The van der Waals surface area contributed by atoms with Crippen LogP contribution in [-0.4, -0.2) is 29.6 Å². The first-order valence-electron chi connectivity index (χ1n) is 10.2. The number of halogens is 1. The fourth-order valence-corrected chi connectivity index (χ4v) is 4.74. The first-order valence-corrected chi connectivity index (χ1v) is 11.6. The van der Waals surface area contributed by atoms with Crippen molar-refractivity contribution in [3.05, 3.63) is 87.2 Å². The van der Waals surface area contributed by atoms with Gasteiger partial charge in [-0.3, -0.25) is 9.59 Å². The number of rotatable bonds is 8. The van der Waals surface area contributed by atoms with E-state index in [1.165, 1.54) is 11.8 Å². The van der Waals surface area contributed by atoms with E-state index in [0.717, 1.165) is 5.56 Å². The van der Waals surface area contributed by atoms with E-state index < -0.39 is 5.92 Å². The number of aromatic amines is 1. The largest absolute Gasteiger partial charge is 0.493 e. The monoisotopic (exact) mass is 483 g/mol. The molecule has 1 aromatic heterocycles. The van der Waals surface area contributed by atoms with E-state index in [1.54, 1.807) is 31.4 Å². The van der Waals surface area contributed by atoms with Gasteiger partial charge in [0.2, 0.25) is 5.91 Å². The summed E-state index contributed by atoms with van der Waals surface area (Å²) < 4.78 is 11.3. The number of hydrogen-bond donors (Lipinski definition) is 2. The van der Waals surface area contributed by atoms with E-state index >= 15 is 0 Å². The highest BCUT2D eigenvalue weighted by atomic mass is 35.5. The average molecular weight is 484 g/mol. The number of benzene rings is 2. The van der Waals surface area contributed by atoms with E-state index in [-0.39, 0.29) is 30.3 Å². The summed E-state index contributed by atoms with van der Waals surface area (Å²) in [6.07, 6.45) is 1.71. The van der Waals surface area contributed by atoms with Gasteiger partial charge in [-0.15, -0.1) is 0 Å². The van der Waals surface area contributed by atoms with Crippen molar-refractivity contribution in [2.45, 2.75) is 23.2 Å². The van der Waals surface area contributed by atoms with Gasteiger partial charge in [-0.05, 0) is 23.8 Å². The number of thioether (sulfide) groups is 1. The Hall–Kier alpha value is -3.23. The summed E-state index contributed by atoms with van der Waals surface area (Å²) in [6, 6.07) is 12.9. The molecule has 7 nitrogen and oxygen atoms in total. The number of hydrogen-bond acceptors (Lipinski definition) is 6. The number of methoxy groups -OCH3 is 1. The lowest BCUT2D eigenvalue weighted by Crippen LogP contribution is -2.31. The van der Waals surface area contributed by atoms with E-state index in [1.807, 2.05) is 24.3 Å². The van der Waals surface area contributed by atoms with Crippen LogP contribution in [0.4, 0.5) is 5.82 Å². The van der Waals surface area contributed by atoms with E-state index in [4.69, 9.17) is 21.1 Å². The van der Waals surface area contributed by atoms with Crippen LogP contribution in [0, 0.1) is 0 Å². The minimum Gasteiger partial charge on any atom is -0.493 e. The zero-order valence-electron chi connectivity index (χ0n) is 17.9. The molecule has 4 rings (SSSR count). The van der Waals surface area contributed by atoms with Crippen molar-refractivity contribution in [3.63, 3.8) is 0 Å². The fraction of sp³-hybridized carbons (Fsp3) is 0.208.